The molecule has 7 nitrogen and oxygen atoms in total. The Balaban J connectivity index is 1.52. The molecule has 1 aromatic heterocycles. The number of hydrogen-bond donors (Lipinski definition) is 0. The zero-order valence-corrected chi connectivity index (χ0v) is 16.2. The Morgan fingerprint density at radius 2 is 1.89 bits per heavy atom. The highest BCUT2D eigenvalue weighted by molar-refractivity contribution is 5.76. The van der Waals surface area contributed by atoms with Crippen LogP contribution in [0.15, 0.2) is 39.6 Å². The van der Waals surface area contributed by atoms with Crippen molar-refractivity contribution in [2.24, 2.45) is 0 Å². The first-order valence-corrected chi connectivity index (χ1v) is 9.35. The smallest absolute Gasteiger partial charge is 0.373 e. The van der Waals surface area contributed by atoms with E-state index < -0.39 is 5.76 Å². The Morgan fingerprint density at radius 1 is 1.22 bits per heavy atom. The zero-order chi connectivity index (χ0) is 19.4. The maximum Gasteiger partial charge on any atom is 0.442 e. The summed E-state index contributed by atoms with van der Waals surface area (Å²) in [6, 6.07) is 10.1. The van der Waals surface area contributed by atoms with E-state index in [1.807, 2.05) is 51.1 Å². The number of carbonyl (C=O) groups is 1. The van der Waals surface area contributed by atoms with E-state index >= 15 is 0 Å². The van der Waals surface area contributed by atoms with Gasteiger partial charge in [-0.15, -0.1) is 0 Å². The lowest BCUT2D eigenvalue weighted by Crippen LogP contribution is -2.43. The van der Waals surface area contributed by atoms with Crippen LogP contribution in [0.2, 0.25) is 0 Å². The highest BCUT2D eigenvalue weighted by Gasteiger charge is 2.28. The van der Waals surface area contributed by atoms with Crippen LogP contribution in [0, 0.1) is 0 Å². The van der Waals surface area contributed by atoms with Crippen molar-refractivity contribution < 1.29 is 14.1 Å². The van der Waals surface area contributed by atoms with Gasteiger partial charge in [-0.05, 0) is 18.4 Å². The number of aromatic nitrogens is 2. The van der Waals surface area contributed by atoms with Gasteiger partial charge in [0, 0.05) is 18.5 Å². The van der Waals surface area contributed by atoms with E-state index in [0.717, 1.165) is 18.4 Å². The molecule has 0 saturated carbocycles. The van der Waals surface area contributed by atoms with E-state index in [2.05, 4.69) is 5.16 Å². The van der Waals surface area contributed by atoms with Crippen LogP contribution in [0.3, 0.4) is 0 Å². The van der Waals surface area contributed by atoms with Crippen LogP contribution in [0.5, 0.6) is 0 Å². The highest BCUT2D eigenvalue weighted by Crippen LogP contribution is 2.20. The summed E-state index contributed by atoms with van der Waals surface area (Å²) in [5.41, 5.74) is 0.780. The molecular weight excluding hydrogens is 346 g/mol. The van der Waals surface area contributed by atoms with E-state index in [4.69, 9.17) is 9.26 Å². The molecule has 1 saturated heterocycles. The summed E-state index contributed by atoms with van der Waals surface area (Å²) in [4.78, 5) is 26.3. The monoisotopic (exact) mass is 373 g/mol. The number of rotatable bonds is 5. The molecule has 7 heteroatoms. The minimum atomic E-state index is -0.589. The van der Waals surface area contributed by atoms with Gasteiger partial charge < -0.3 is 9.64 Å². The van der Waals surface area contributed by atoms with Crippen LogP contribution in [0.1, 0.15) is 45.0 Å². The maximum atomic E-state index is 12.6. The topological polar surface area (TPSA) is 77.6 Å². The Kier molecular flexibility index (Phi) is 5.79. The fourth-order valence-electron chi connectivity index (χ4n) is 3.24. The standard InChI is InChI=1S/C20H27N3O4/c1-20(2,3)18-21-27-19(25)23(18)13-17(24)22-11-9-16(10-12-22)26-14-15-7-5-4-6-8-15/h4-8,16H,9-14H2,1-3H3. The molecule has 3 rings (SSSR count). The van der Waals surface area contributed by atoms with Crippen LogP contribution in [0.25, 0.3) is 0 Å². The second-order valence-electron chi connectivity index (χ2n) is 7.98. The van der Waals surface area contributed by atoms with Crippen LogP contribution >= 0.6 is 0 Å². The molecule has 1 aromatic carbocycles. The first-order valence-electron chi connectivity index (χ1n) is 9.35. The van der Waals surface area contributed by atoms with Crippen LogP contribution in [-0.2, 0) is 28.1 Å². The fourth-order valence-corrected chi connectivity index (χ4v) is 3.24. The normalized spacial score (nSPS) is 15.9. The molecule has 0 bridgehead atoms. The van der Waals surface area contributed by atoms with Crippen molar-refractivity contribution in [3.63, 3.8) is 0 Å². The summed E-state index contributed by atoms with van der Waals surface area (Å²) in [5, 5.41) is 3.84. The molecule has 2 heterocycles. The predicted octanol–water partition coefficient (Wildman–Crippen LogP) is 2.34. The summed E-state index contributed by atoms with van der Waals surface area (Å²) >= 11 is 0. The lowest BCUT2D eigenvalue weighted by molar-refractivity contribution is -0.134. The number of amides is 1. The molecule has 0 N–H and O–H groups in total. The van der Waals surface area contributed by atoms with Crippen molar-refractivity contribution >= 4 is 5.91 Å². The van der Waals surface area contributed by atoms with Crippen molar-refractivity contribution in [3.8, 4) is 0 Å². The molecule has 1 aliphatic rings. The molecule has 0 atom stereocenters. The molecular formula is C20H27N3O4. The molecule has 1 amide bonds. The molecule has 1 aliphatic heterocycles. The van der Waals surface area contributed by atoms with Crippen LogP contribution < -0.4 is 5.76 Å². The van der Waals surface area contributed by atoms with E-state index in [1.165, 1.54) is 4.57 Å². The summed E-state index contributed by atoms with van der Waals surface area (Å²) in [6.45, 7) is 7.60. The Hall–Kier alpha value is -2.41. The highest BCUT2D eigenvalue weighted by atomic mass is 16.5. The van der Waals surface area contributed by atoms with Crippen molar-refractivity contribution in [3.05, 3.63) is 52.3 Å². The first kappa shape index (κ1) is 19.4. The van der Waals surface area contributed by atoms with Crippen molar-refractivity contribution in [2.75, 3.05) is 13.1 Å². The average molecular weight is 373 g/mol. The van der Waals surface area contributed by atoms with Crippen molar-refractivity contribution in [1.29, 1.82) is 0 Å². The minimum absolute atomic E-state index is 0.0372. The second-order valence-corrected chi connectivity index (χ2v) is 7.98. The lowest BCUT2D eigenvalue weighted by Gasteiger charge is -2.32. The third-order valence-corrected chi connectivity index (χ3v) is 4.77. The van der Waals surface area contributed by atoms with Gasteiger partial charge in [-0.1, -0.05) is 56.3 Å². The van der Waals surface area contributed by atoms with E-state index in [-0.39, 0.29) is 24.0 Å². The maximum absolute atomic E-state index is 12.6. The number of carbonyl (C=O) groups excluding carboxylic acids is 1. The average Bonchev–Trinajstić information content (AvgIpc) is 3.02. The number of piperidine rings is 1. The molecule has 0 spiro atoms. The summed E-state index contributed by atoms with van der Waals surface area (Å²) in [5.74, 6) is -0.191. The third-order valence-electron chi connectivity index (χ3n) is 4.77. The van der Waals surface area contributed by atoms with Gasteiger partial charge in [0.25, 0.3) is 0 Å². The first-order chi connectivity index (χ1) is 12.8. The van der Waals surface area contributed by atoms with Gasteiger partial charge in [0.1, 0.15) is 6.54 Å². The van der Waals surface area contributed by atoms with Gasteiger partial charge in [-0.3, -0.25) is 13.9 Å². The van der Waals surface area contributed by atoms with Crippen LogP contribution in [-0.4, -0.2) is 39.7 Å². The van der Waals surface area contributed by atoms with Crippen molar-refractivity contribution in [2.45, 2.75) is 58.3 Å². The SMILES string of the molecule is CC(C)(C)c1noc(=O)n1CC(=O)N1CCC(OCc2ccccc2)CC1. The largest absolute Gasteiger partial charge is 0.442 e. The fraction of sp³-hybridized carbons (Fsp3) is 0.550. The van der Waals surface area contributed by atoms with Gasteiger partial charge >= 0.3 is 5.76 Å². The summed E-state index contributed by atoms with van der Waals surface area (Å²) < 4.78 is 12.1. The number of nitrogens with zero attached hydrogens (tertiary/aromatic N) is 3. The number of likely N-dealkylation sites (tertiary alicyclic amines) is 1. The Labute approximate surface area is 158 Å². The number of ether oxygens (including phenoxy) is 1. The molecule has 146 valence electrons. The molecule has 27 heavy (non-hydrogen) atoms. The van der Waals surface area contributed by atoms with Crippen LogP contribution in [0.4, 0.5) is 0 Å². The molecule has 0 radical (unpaired) electrons. The van der Waals surface area contributed by atoms with Gasteiger partial charge in [-0.2, -0.15) is 0 Å². The Morgan fingerprint density at radius 3 is 2.52 bits per heavy atom. The van der Waals surface area contributed by atoms with Crippen molar-refractivity contribution in [1.82, 2.24) is 14.6 Å². The van der Waals surface area contributed by atoms with Gasteiger partial charge in [-0.25, -0.2) is 4.79 Å². The van der Waals surface area contributed by atoms with E-state index in [9.17, 15) is 9.59 Å². The minimum Gasteiger partial charge on any atom is -0.373 e. The molecule has 2 aromatic rings. The molecule has 0 aliphatic carbocycles. The summed E-state index contributed by atoms with van der Waals surface area (Å²) in [7, 11) is 0. The Bertz CT molecular complexity index is 812. The van der Waals surface area contributed by atoms with E-state index in [1.54, 1.807) is 4.90 Å². The van der Waals surface area contributed by atoms with Gasteiger partial charge in [0.2, 0.25) is 5.91 Å². The second kappa shape index (κ2) is 8.08. The third kappa shape index (κ3) is 4.86. The van der Waals surface area contributed by atoms with Gasteiger partial charge in [0.05, 0.1) is 12.7 Å². The molecule has 1 fully saturated rings. The van der Waals surface area contributed by atoms with Gasteiger partial charge in [0.15, 0.2) is 5.82 Å². The zero-order valence-electron chi connectivity index (χ0n) is 16.2. The molecule has 0 unspecified atom stereocenters. The number of hydrogen-bond acceptors (Lipinski definition) is 5. The summed E-state index contributed by atoms with van der Waals surface area (Å²) in [6.07, 6.45) is 1.74. The number of benzene rings is 1. The van der Waals surface area contributed by atoms with E-state index in [0.29, 0.717) is 25.5 Å². The predicted molar refractivity (Wildman–Crippen MR) is 100 cm³/mol. The lowest BCUT2D eigenvalue weighted by atomic mass is 9.96. The quantitative estimate of drug-likeness (QED) is 0.804.